The summed E-state index contributed by atoms with van der Waals surface area (Å²) in [5.41, 5.74) is 0.916. The number of nitrogens with zero attached hydrogens (tertiary/aromatic N) is 2. The number of hydrogen-bond acceptors (Lipinski definition) is 6. The zero-order valence-electron chi connectivity index (χ0n) is 20.5. The van der Waals surface area contributed by atoms with Crippen LogP contribution < -0.4 is 4.74 Å². The number of carbonyl (C=O) groups is 1. The minimum atomic E-state index is -1.29. The number of aliphatic hydroxyl groups is 2. The molecule has 188 valence electrons. The van der Waals surface area contributed by atoms with Crippen LogP contribution in [0.25, 0.3) is 0 Å². The monoisotopic (exact) mass is 488 g/mol. The number of phenolic OH excluding ortho intramolecular Hbond substituents is 1. The van der Waals surface area contributed by atoms with Gasteiger partial charge in [-0.2, -0.15) is 0 Å². The second-order valence-corrected chi connectivity index (χ2v) is 11.4. The average molecular weight is 489 g/mol. The molecule has 2 aromatic rings. The lowest BCUT2D eigenvalue weighted by atomic mass is 9.49. The van der Waals surface area contributed by atoms with E-state index in [2.05, 4.69) is 4.90 Å². The van der Waals surface area contributed by atoms with Crippen LogP contribution in [0.4, 0.5) is 0 Å². The minimum Gasteiger partial charge on any atom is -0.508 e. The van der Waals surface area contributed by atoms with Gasteiger partial charge in [0.15, 0.2) is 17.6 Å². The van der Waals surface area contributed by atoms with Crippen molar-refractivity contribution in [2.24, 2.45) is 5.92 Å². The fourth-order valence-electron chi connectivity index (χ4n) is 7.52. The van der Waals surface area contributed by atoms with E-state index in [4.69, 9.17) is 4.74 Å². The van der Waals surface area contributed by atoms with Gasteiger partial charge in [0.1, 0.15) is 5.76 Å². The summed E-state index contributed by atoms with van der Waals surface area (Å²) in [6.07, 6.45) is 2.85. The molecule has 3 aliphatic carbocycles. The number of phenols is 1. The number of rotatable bonds is 5. The van der Waals surface area contributed by atoms with Crippen molar-refractivity contribution in [3.8, 4) is 11.5 Å². The third-order valence-corrected chi connectivity index (χ3v) is 9.38. The summed E-state index contributed by atoms with van der Waals surface area (Å²) in [6, 6.07) is 13.1. The second-order valence-electron chi connectivity index (χ2n) is 11.4. The first-order valence-electron chi connectivity index (χ1n) is 13.0. The van der Waals surface area contributed by atoms with E-state index < -0.39 is 17.1 Å². The summed E-state index contributed by atoms with van der Waals surface area (Å²) in [7, 11) is 1.72. The van der Waals surface area contributed by atoms with Crippen LogP contribution in [0.15, 0.2) is 53.8 Å². The average Bonchev–Trinajstić information content (AvgIpc) is 3.61. The number of benzene rings is 2. The van der Waals surface area contributed by atoms with Crippen molar-refractivity contribution >= 4 is 5.91 Å². The predicted molar refractivity (Wildman–Crippen MR) is 133 cm³/mol. The highest BCUT2D eigenvalue weighted by molar-refractivity contribution is 5.95. The molecule has 2 fully saturated rings. The van der Waals surface area contributed by atoms with Crippen LogP contribution >= 0.6 is 0 Å². The van der Waals surface area contributed by atoms with Crippen molar-refractivity contribution in [2.45, 2.75) is 61.8 Å². The van der Waals surface area contributed by atoms with E-state index in [0.29, 0.717) is 31.1 Å². The maximum absolute atomic E-state index is 13.7. The summed E-state index contributed by atoms with van der Waals surface area (Å²) in [5, 5.41) is 35.0. The molecule has 1 amide bonds. The number of carbonyl (C=O) groups excluding carboxylic acids is 1. The fraction of sp³-hybridized carbons (Fsp3) is 0.483. The summed E-state index contributed by atoms with van der Waals surface area (Å²) in [4.78, 5) is 17.7. The van der Waals surface area contributed by atoms with Gasteiger partial charge in [-0.05, 0) is 55.3 Å². The zero-order valence-corrected chi connectivity index (χ0v) is 20.5. The van der Waals surface area contributed by atoms with Gasteiger partial charge in [0, 0.05) is 38.2 Å². The maximum Gasteiger partial charge on any atom is 0.253 e. The molecule has 0 unspecified atom stereocenters. The summed E-state index contributed by atoms with van der Waals surface area (Å²) >= 11 is 0. The lowest BCUT2D eigenvalue weighted by molar-refractivity contribution is -0.173. The molecule has 1 spiro atoms. The highest BCUT2D eigenvalue weighted by Crippen LogP contribution is 2.66. The van der Waals surface area contributed by atoms with Gasteiger partial charge in [0.05, 0.1) is 16.6 Å². The Balaban J connectivity index is 1.33. The van der Waals surface area contributed by atoms with E-state index in [1.165, 1.54) is 12.8 Å². The zero-order chi connectivity index (χ0) is 24.8. The molecule has 0 radical (unpaired) electrons. The molecule has 1 saturated heterocycles. The van der Waals surface area contributed by atoms with Crippen molar-refractivity contribution in [3.05, 3.63) is 70.5 Å². The van der Waals surface area contributed by atoms with Gasteiger partial charge in [-0.3, -0.25) is 9.69 Å². The Morgan fingerprint density at radius 3 is 2.69 bits per heavy atom. The molecule has 7 nitrogen and oxygen atoms in total. The number of aromatic hydroxyl groups is 1. The lowest BCUT2D eigenvalue weighted by Crippen LogP contribution is -2.75. The Labute approximate surface area is 210 Å². The van der Waals surface area contributed by atoms with Crippen molar-refractivity contribution in [1.82, 2.24) is 9.80 Å². The Kier molecular flexibility index (Phi) is 4.62. The number of piperidine rings is 1. The van der Waals surface area contributed by atoms with E-state index in [-0.39, 0.29) is 35.5 Å². The third kappa shape index (κ3) is 2.84. The molecule has 2 aliphatic heterocycles. The number of likely N-dealkylation sites (tertiary alicyclic amines) is 1. The third-order valence-electron chi connectivity index (χ3n) is 9.38. The van der Waals surface area contributed by atoms with Gasteiger partial charge < -0.3 is 25.0 Å². The Morgan fingerprint density at radius 2 is 1.94 bits per heavy atom. The molecule has 7 rings (SSSR count). The second kappa shape index (κ2) is 7.49. The predicted octanol–water partition coefficient (Wildman–Crippen LogP) is 3.04. The van der Waals surface area contributed by atoms with Crippen LogP contribution in [-0.4, -0.2) is 68.9 Å². The van der Waals surface area contributed by atoms with E-state index >= 15 is 0 Å². The Bertz CT molecular complexity index is 1290. The molecular formula is C29H32N2O5. The van der Waals surface area contributed by atoms with Gasteiger partial charge >= 0.3 is 0 Å². The first kappa shape index (κ1) is 22.2. The standard InChI is InChI=1S/C29H32N2O5/c1-30(15-17-5-3-2-4-6-17)27(34)20-14-29(35)22-13-19-9-10-21(32)25-23(19)28(29,26(36-25)24(20)33)11-12-31(22)16-18-7-8-18/h2-6,9-10,18,22,26,32-33,35H,7-8,11-16H2,1H3/t22-,26+,28+,29-/m1/s1. The van der Waals surface area contributed by atoms with E-state index in [0.717, 1.165) is 29.8 Å². The van der Waals surface area contributed by atoms with Crippen LogP contribution in [-0.2, 0) is 23.2 Å². The quantitative estimate of drug-likeness (QED) is 0.599. The van der Waals surface area contributed by atoms with Crippen LogP contribution in [0.3, 0.4) is 0 Å². The molecule has 36 heavy (non-hydrogen) atoms. The summed E-state index contributed by atoms with van der Waals surface area (Å²) in [5.74, 6) is 0.618. The Morgan fingerprint density at radius 1 is 1.17 bits per heavy atom. The van der Waals surface area contributed by atoms with Crippen LogP contribution in [0.5, 0.6) is 11.5 Å². The largest absolute Gasteiger partial charge is 0.508 e. The molecule has 5 aliphatic rings. The minimum absolute atomic E-state index is 0.0145. The molecule has 4 atom stereocenters. The molecular weight excluding hydrogens is 456 g/mol. The first-order chi connectivity index (χ1) is 17.3. The highest BCUT2D eigenvalue weighted by Gasteiger charge is 2.73. The smallest absolute Gasteiger partial charge is 0.253 e. The molecule has 3 N–H and O–H groups in total. The van der Waals surface area contributed by atoms with Crippen molar-refractivity contribution < 1.29 is 24.9 Å². The lowest BCUT2D eigenvalue weighted by Gasteiger charge is -2.62. The normalized spacial score (nSPS) is 32.2. The number of amides is 1. The number of ether oxygens (including phenoxy) is 1. The highest BCUT2D eigenvalue weighted by atomic mass is 16.5. The van der Waals surface area contributed by atoms with Crippen molar-refractivity contribution in [1.29, 1.82) is 0 Å². The van der Waals surface area contributed by atoms with Crippen molar-refractivity contribution in [2.75, 3.05) is 20.1 Å². The van der Waals surface area contributed by atoms with E-state index in [1.54, 1.807) is 18.0 Å². The van der Waals surface area contributed by atoms with Crippen LogP contribution in [0.2, 0.25) is 0 Å². The fourth-order valence-corrected chi connectivity index (χ4v) is 7.52. The molecule has 2 heterocycles. The Hall–Kier alpha value is -3.03. The van der Waals surface area contributed by atoms with Gasteiger partial charge in [-0.15, -0.1) is 0 Å². The van der Waals surface area contributed by atoms with Gasteiger partial charge in [-0.25, -0.2) is 0 Å². The molecule has 1 saturated carbocycles. The molecule has 2 aromatic carbocycles. The van der Waals surface area contributed by atoms with Crippen LogP contribution in [0.1, 0.15) is 42.4 Å². The molecule has 0 aromatic heterocycles. The molecule has 7 heteroatoms. The van der Waals surface area contributed by atoms with Crippen molar-refractivity contribution in [3.63, 3.8) is 0 Å². The summed E-state index contributed by atoms with van der Waals surface area (Å²) < 4.78 is 6.29. The number of aliphatic hydroxyl groups excluding tert-OH is 1. The topological polar surface area (TPSA) is 93.5 Å². The number of likely N-dealkylation sites (N-methyl/N-ethyl adjacent to an activating group) is 1. The number of hydrogen-bond donors (Lipinski definition) is 3. The summed E-state index contributed by atoms with van der Waals surface area (Å²) in [6.45, 7) is 2.14. The van der Waals surface area contributed by atoms with E-state index in [1.807, 2.05) is 36.4 Å². The maximum atomic E-state index is 13.7. The first-order valence-corrected chi connectivity index (χ1v) is 13.0. The SMILES string of the molecule is CN(Cc1ccccc1)C(=O)C1=C(O)[C@@H]2Oc3c(O)ccc4c3[C@@]23CCN(CC2CC2)[C@H](C4)[C@]3(O)C1. The van der Waals surface area contributed by atoms with Crippen LogP contribution in [0, 0.1) is 5.92 Å². The van der Waals surface area contributed by atoms with E-state index in [9.17, 15) is 20.1 Å². The van der Waals surface area contributed by atoms with Gasteiger partial charge in [0.2, 0.25) is 0 Å². The molecule has 2 bridgehead atoms. The van der Waals surface area contributed by atoms with Gasteiger partial charge in [-0.1, -0.05) is 36.4 Å². The van der Waals surface area contributed by atoms with Gasteiger partial charge in [0.25, 0.3) is 5.91 Å².